The van der Waals surface area contributed by atoms with Gasteiger partial charge in [-0.2, -0.15) is 0 Å². The van der Waals surface area contributed by atoms with Gasteiger partial charge in [0.15, 0.2) is 0 Å². The predicted octanol–water partition coefficient (Wildman–Crippen LogP) is 3.58. The minimum absolute atomic E-state index is 0.115. The summed E-state index contributed by atoms with van der Waals surface area (Å²) >= 11 is 0. The van der Waals surface area contributed by atoms with E-state index in [1.165, 1.54) is 12.0 Å². The van der Waals surface area contributed by atoms with E-state index in [0.29, 0.717) is 29.3 Å². The average Bonchev–Trinajstić information content (AvgIpc) is 3.53. The molecule has 220 valence electrons. The summed E-state index contributed by atoms with van der Waals surface area (Å²) in [4.78, 5) is 50.7. The van der Waals surface area contributed by atoms with Crippen LogP contribution in [0.2, 0.25) is 0 Å². The summed E-state index contributed by atoms with van der Waals surface area (Å²) in [6.07, 6.45) is 5.93. The molecule has 5 rings (SSSR count). The number of ether oxygens (including phenoxy) is 4. The predicted molar refractivity (Wildman–Crippen MR) is 149 cm³/mol. The summed E-state index contributed by atoms with van der Waals surface area (Å²) in [5.74, 6) is 0.306. The number of benzene rings is 1. The van der Waals surface area contributed by atoms with E-state index in [1.54, 1.807) is 13.2 Å². The van der Waals surface area contributed by atoms with Crippen LogP contribution >= 0.6 is 0 Å². The van der Waals surface area contributed by atoms with Crippen LogP contribution in [0.25, 0.3) is 11.0 Å². The van der Waals surface area contributed by atoms with E-state index in [2.05, 4.69) is 17.5 Å². The van der Waals surface area contributed by atoms with Crippen molar-refractivity contribution in [1.82, 2.24) is 20.2 Å². The summed E-state index contributed by atoms with van der Waals surface area (Å²) in [6, 6.07) is 3.69. The number of rotatable bonds is 2. The Bertz CT molecular complexity index is 1350. The number of hydrogen-bond donors (Lipinski definition) is 1. The Labute approximate surface area is 239 Å². The number of esters is 1. The first-order valence-corrected chi connectivity index (χ1v) is 14.1. The van der Waals surface area contributed by atoms with Gasteiger partial charge < -0.3 is 29.2 Å². The fourth-order valence-corrected chi connectivity index (χ4v) is 5.41. The Morgan fingerprint density at radius 3 is 2.61 bits per heavy atom. The van der Waals surface area contributed by atoms with Gasteiger partial charge in [-0.3, -0.25) is 4.79 Å². The number of nitrogens with one attached hydrogen (secondary N) is 1. The lowest BCUT2D eigenvalue weighted by Gasteiger charge is -2.34. The minimum Gasteiger partial charge on any atom is -0.497 e. The number of alkyl carbamates (subject to hydrolysis) is 1. The molecule has 1 saturated carbocycles. The monoisotopic (exact) mass is 566 g/mol. The van der Waals surface area contributed by atoms with E-state index in [-0.39, 0.29) is 25.0 Å². The molecule has 1 aromatic heterocycles. The normalized spacial score (nSPS) is 27.7. The molecule has 2 bridgehead atoms. The molecule has 0 spiro atoms. The van der Waals surface area contributed by atoms with Crippen molar-refractivity contribution >= 4 is 29.0 Å². The van der Waals surface area contributed by atoms with E-state index < -0.39 is 41.6 Å². The van der Waals surface area contributed by atoms with Gasteiger partial charge in [0.1, 0.15) is 35.7 Å². The quantitative estimate of drug-likeness (QED) is 0.428. The van der Waals surface area contributed by atoms with Gasteiger partial charge in [-0.05, 0) is 43.2 Å². The standard InChI is InChI=1S/C30H38N4O7/c1-30(2,3)25-27(35)34-16-19(15-23(34)28(36)39-5)40-26-21(31-20-12-11-18(38-4)14-22(20)32-26)10-8-6-7-9-17-13-24(17)41-29(37)33-25/h6-7,11-12,14,17,19,23-25H,8-10,13,15-16H2,1-5H3,(H,33,37)/b7-6+/t17-,19-,23+,24-,25-/m1/s1. The average molecular weight is 567 g/mol. The number of carbonyl (C=O) groups is 3. The van der Waals surface area contributed by atoms with Crippen LogP contribution in [-0.2, 0) is 25.5 Å². The zero-order valence-electron chi connectivity index (χ0n) is 24.2. The van der Waals surface area contributed by atoms with E-state index in [4.69, 9.17) is 28.9 Å². The molecule has 3 aliphatic rings. The Morgan fingerprint density at radius 2 is 1.88 bits per heavy atom. The summed E-state index contributed by atoms with van der Waals surface area (Å²) in [7, 11) is 2.88. The summed E-state index contributed by atoms with van der Waals surface area (Å²) < 4.78 is 22.4. The van der Waals surface area contributed by atoms with E-state index in [1.807, 2.05) is 32.9 Å². The third kappa shape index (κ3) is 6.39. The molecule has 2 aliphatic heterocycles. The topological polar surface area (TPSA) is 129 Å². The summed E-state index contributed by atoms with van der Waals surface area (Å²) in [6.45, 7) is 5.68. The molecule has 5 atom stereocenters. The maximum absolute atomic E-state index is 13.9. The second-order valence-corrected chi connectivity index (χ2v) is 12.0. The van der Waals surface area contributed by atoms with E-state index in [9.17, 15) is 14.4 Å². The summed E-state index contributed by atoms with van der Waals surface area (Å²) in [5.41, 5.74) is 1.38. The molecule has 11 heteroatoms. The number of methoxy groups -OCH3 is 2. The van der Waals surface area contributed by atoms with Crippen molar-refractivity contribution in [3.63, 3.8) is 0 Å². The molecule has 2 fully saturated rings. The third-order valence-electron chi connectivity index (χ3n) is 7.85. The summed E-state index contributed by atoms with van der Waals surface area (Å²) in [5, 5.41) is 2.78. The lowest BCUT2D eigenvalue weighted by molar-refractivity contribution is -0.152. The van der Waals surface area contributed by atoms with Gasteiger partial charge >= 0.3 is 12.1 Å². The molecule has 3 heterocycles. The van der Waals surface area contributed by atoms with Crippen molar-refractivity contribution in [2.45, 2.75) is 77.2 Å². The van der Waals surface area contributed by atoms with Crippen LogP contribution < -0.4 is 14.8 Å². The Kier molecular flexibility index (Phi) is 8.06. The van der Waals surface area contributed by atoms with Crippen molar-refractivity contribution in [3.8, 4) is 11.6 Å². The number of amides is 2. The maximum Gasteiger partial charge on any atom is 0.408 e. The van der Waals surface area contributed by atoms with Crippen LogP contribution in [0.4, 0.5) is 4.79 Å². The van der Waals surface area contributed by atoms with Crippen LogP contribution in [0.1, 0.15) is 52.1 Å². The zero-order valence-corrected chi connectivity index (χ0v) is 24.2. The first kappa shape index (κ1) is 28.6. The van der Waals surface area contributed by atoms with Gasteiger partial charge in [0.2, 0.25) is 11.8 Å². The molecule has 1 N–H and O–H groups in total. The number of fused-ring (bicyclic) bond motifs is 5. The number of aryl methyl sites for hydroxylation is 1. The van der Waals surface area contributed by atoms with E-state index in [0.717, 1.165) is 24.8 Å². The third-order valence-corrected chi connectivity index (χ3v) is 7.85. The van der Waals surface area contributed by atoms with Crippen molar-refractivity contribution in [2.75, 3.05) is 20.8 Å². The molecule has 1 saturated heterocycles. The van der Waals surface area contributed by atoms with Crippen molar-refractivity contribution in [3.05, 3.63) is 36.0 Å². The van der Waals surface area contributed by atoms with E-state index >= 15 is 0 Å². The first-order chi connectivity index (χ1) is 19.6. The number of carbonyl (C=O) groups excluding carboxylic acids is 3. The highest BCUT2D eigenvalue weighted by Crippen LogP contribution is 2.37. The molecule has 2 amide bonds. The van der Waals surface area contributed by atoms with Crippen molar-refractivity contribution in [1.29, 1.82) is 0 Å². The number of nitrogens with zero attached hydrogens (tertiary/aromatic N) is 3. The molecule has 41 heavy (non-hydrogen) atoms. The fourth-order valence-electron chi connectivity index (χ4n) is 5.41. The molecule has 0 unspecified atom stereocenters. The van der Waals surface area contributed by atoms with Crippen LogP contribution in [0.15, 0.2) is 30.4 Å². The lowest BCUT2D eigenvalue weighted by Crippen LogP contribution is -2.57. The van der Waals surface area contributed by atoms with Crippen LogP contribution in [0, 0.1) is 11.3 Å². The number of hydrogen-bond acceptors (Lipinski definition) is 9. The molecule has 11 nitrogen and oxygen atoms in total. The Balaban J connectivity index is 1.51. The van der Waals surface area contributed by atoms with Gasteiger partial charge in [-0.15, -0.1) is 0 Å². The molecule has 0 radical (unpaired) electrons. The van der Waals surface area contributed by atoms with Gasteiger partial charge in [0, 0.05) is 18.4 Å². The maximum atomic E-state index is 13.9. The lowest BCUT2D eigenvalue weighted by atomic mass is 9.85. The van der Waals surface area contributed by atoms with Crippen LogP contribution in [0.3, 0.4) is 0 Å². The first-order valence-electron chi connectivity index (χ1n) is 14.1. The second kappa shape index (κ2) is 11.5. The molecule has 1 aromatic carbocycles. The Hall–Kier alpha value is -3.89. The van der Waals surface area contributed by atoms with Crippen molar-refractivity contribution < 1.29 is 33.3 Å². The van der Waals surface area contributed by atoms with Crippen molar-refractivity contribution in [2.24, 2.45) is 11.3 Å². The van der Waals surface area contributed by atoms with Gasteiger partial charge in [-0.1, -0.05) is 32.9 Å². The molecule has 2 aromatic rings. The SMILES string of the molecule is COC(=O)[C@@H]1C[C@@H]2CN1C(=O)[C@H](C(C)(C)C)NC(=O)O[C@@H]1C[C@H]1C/C=C/CCc1nc3ccc(OC)cc3nc1O2. The highest BCUT2D eigenvalue weighted by atomic mass is 16.6. The molecule has 1 aliphatic carbocycles. The second-order valence-electron chi connectivity index (χ2n) is 12.0. The smallest absolute Gasteiger partial charge is 0.408 e. The highest BCUT2D eigenvalue weighted by molar-refractivity contribution is 5.91. The molecular weight excluding hydrogens is 528 g/mol. The van der Waals surface area contributed by atoms with Crippen LogP contribution in [-0.4, -0.2) is 77.9 Å². The Morgan fingerprint density at radius 1 is 1.07 bits per heavy atom. The fraction of sp³-hybridized carbons (Fsp3) is 0.567. The van der Waals surface area contributed by atoms with Gasteiger partial charge in [0.25, 0.3) is 0 Å². The van der Waals surface area contributed by atoms with Gasteiger partial charge in [0.05, 0.1) is 31.8 Å². The molecular formula is C30H38N4O7. The van der Waals surface area contributed by atoms with Crippen LogP contribution in [0.5, 0.6) is 11.6 Å². The largest absolute Gasteiger partial charge is 0.497 e. The number of allylic oxidation sites excluding steroid dienone is 2. The number of aromatic nitrogens is 2. The van der Waals surface area contributed by atoms with Gasteiger partial charge in [-0.25, -0.2) is 19.6 Å². The minimum atomic E-state index is -0.930. The highest BCUT2D eigenvalue weighted by Gasteiger charge is 2.47. The zero-order chi connectivity index (χ0) is 29.3.